The number of ether oxygens (including phenoxy) is 1. The van der Waals surface area contributed by atoms with Crippen LogP contribution in [0.2, 0.25) is 0 Å². The van der Waals surface area contributed by atoms with Crippen LogP contribution in [-0.2, 0) is 16.1 Å². The molecule has 164 valence electrons. The van der Waals surface area contributed by atoms with Crippen LogP contribution in [0, 0.1) is 13.8 Å². The number of carbonyl (C=O) groups excluding carboxylic acids is 1. The number of aromatic nitrogens is 2. The van der Waals surface area contributed by atoms with E-state index < -0.39 is 0 Å². The highest BCUT2D eigenvalue weighted by Crippen LogP contribution is 2.19. The van der Waals surface area contributed by atoms with E-state index in [1.54, 1.807) is 10.6 Å². The van der Waals surface area contributed by atoms with Gasteiger partial charge in [0.25, 0.3) is 5.56 Å². The van der Waals surface area contributed by atoms with Crippen LogP contribution in [0.4, 0.5) is 5.69 Å². The first-order valence-electron chi connectivity index (χ1n) is 10.5. The molecule has 0 atom stereocenters. The molecular weight excluding hydrogens is 410 g/mol. The molecule has 0 unspecified atom stereocenters. The Labute approximate surface area is 187 Å². The number of aryl methyl sites for hydroxylation is 2. The van der Waals surface area contributed by atoms with Crippen LogP contribution in [-0.4, -0.2) is 33.9 Å². The Morgan fingerprint density at radius 2 is 1.94 bits per heavy atom. The lowest BCUT2D eigenvalue weighted by Crippen LogP contribution is -2.25. The average Bonchev–Trinajstić information content (AvgIpc) is 2.73. The quantitative estimate of drug-likeness (QED) is 0.301. The van der Waals surface area contributed by atoms with Crippen molar-refractivity contribution in [3.63, 3.8) is 0 Å². The van der Waals surface area contributed by atoms with Crippen LogP contribution in [0.3, 0.4) is 0 Å². The fraction of sp³-hybridized carbons (Fsp3) is 0.375. The number of thioether (sulfide) groups is 1. The fourth-order valence-electron chi connectivity index (χ4n) is 3.14. The SMILES string of the molecule is Cc1ccc(NC(=O)CSc2nc3ccccc3c(=O)n2CCCOC(C)C)cc1C. The van der Waals surface area contributed by atoms with E-state index in [0.717, 1.165) is 11.3 Å². The molecule has 0 aliphatic heterocycles. The van der Waals surface area contributed by atoms with E-state index in [2.05, 4.69) is 10.3 Å². The Morgan fingerprint density at radius 1 is 1.16 bits per heavy atom. The Bertz CT molecular complexity index is 1120. The van der Waals surface area contributed by atoms with Gasteiger partial charge in [0.2, 0.25) is 5.91 Å². The van der Waals surface area contributed by atoms with Crippen molar-refractivity contribution in [2.24, 2.45) is 0 Å². The normalized spacial score (nSPS) is 11.3. The Morgan fingerprint density at radius 3 is 2.68 bits per heavy atom. The molecule has 0 radical (unpaired) electrons. The van der Waals surface area contributed by atoms with Gasteiger partial charge in [-0.25, -0.2) is 4.98 Å². The highest BCUT2D eigenvalue weighted by Gasteiger charge is 2.13. The van der Waals surface area contributed by atoms with Crippen molar-refractivity contribution in [1.29, 1.82) is 0 Å². The Hall–Kier alpha value is -2.64. The molecule has 0 aliphatic carbocycles. The van der Waals surface area contributed by atoms with Gasteiger partial charge in [-0.2, -0.15) is 0 Å². The van der Waals surface area contributed by atoms with E-state index in [0.29, 0.717) is 35.6 Å². The Kier molecular flexibility index (Phi) is 7.87. The van der Waals surface area contributed by atoms with Crippen molar-refractivity contribution in [3.8, 4) is 0 Å². The molecule has 31 heavy (non-hydrogen) atoms. The number of carbonyl (C=O) groups is 1. The lowest BCUT2D eigenvalue weighted by molar-refractivity contribution is -0.113. The third-order valence-corrected chi connectivity index (χ3v) is 5.90. The molecule has 0 spiro atoms. The van der Waals surface area contributed by atoms with Crippen molar-refractivity contribution in [2.45, 2.75) is 51.9 Å². The summed E-state index contributed by atoms with van der Waals surface area (Å²) in [7, 11) is 0. The van der Waals surface area contributed by atoms with E-state index in [4.69, 9.17) is 4.74 Å². The maximum Gasteiger partial charge on any atom is 0.262 e. The molecule has 1 heterocycles. The molecule has 1 N–H and O–H groups in total. The summed E-state index contributed by atoms with van der Waals surface area (Å²) < 4.78 is 7.26. The molecule has 0 saturated heterocycles. The maximum atomic E-state index is 13.1. The zero-order valence-corrected chi connectivity index (χ0v) is 19.3. The predicted octanol–water partition coefficient (Wildman–Crippen LogP) is 4.56. The largest absolute Gasteiger partial charge is 0.379 e. The summed E-state index contributed by atoms with van der Waals surface area (Å²) in [5.41, 5.74) is 3.62. The molecule has 0 bridgehead atoms. The summed E-state index contributed by atoms with van der Waals surface area (Å²) in [5, 5.41) is 4.05. The third-order valence-electron chi connectivity index (χ3n) is 4.93. The van der Waals surface area contributed by atoms with Gasteiger partial charge in [-0.05, 0) is 69.5 Å². The van der Waals surface area contributed by atoms with Crippen LogP contribution in [0.5, 0.6) is 0 Å². The summed E-state index contributed by atoms with van der Waals surface area (Å²) in [6, 6.07) is 13.1. The smallest absolute Gasteiger partial charge is 0.262 e. The van der Waals surface area contributed by atoms with Crippen molar-refractivity contribution in [1.82, 2.24) is 9.55 Å². The van der Waals surface area contributed by atoms with Crippen molar-refractivity contribution in [3.05, 3.63) is 63.9 Å². The summed E-state index contributed by atoms with van der Waals surface area (Å²) in [6.07, 6.45) is 0.843. The van der Waals surface area contributed by atoms with Crippen molar-refractivity contribution >= 4 is 34.3 Å². The van der Waals surface area contributed by atoms with Gasteiger partial charge in [0.1, 0.15) is 0 Å². The topological polar surface area (TPSA) is 73.2 Å². The van der Waals surface area contributed by atoms with E-state index in [1.807, 2.05) is 64.1 Å². The number of fused-ring (bicyclic) bond motifs is 1. The monoisotopic (exact) mass is 439 g/mol. The van der Waals surface area contributed by atoms with Gasteiger partial charge < -0.3 is 10.1 Å². The zero-order chi connectivity index (χ0) is 22.4. The molecule has 3 aromatic rings. The summed E-state index contributed by atoms with van der Waals surface area (Å²) in [6.45, 7) is 9.07. The molecule has 0 fully saturated rings. The first-order chi connectivity index (χ1) is 14.8. The van der Waals surface area contributed by atoms with Gasteiger partial charge in [0.05, 0.1) is 22.8 Å². The second kappa shape index (κ2) is 10.6. The molecule has 0 aliphatic rings. The second-order valence-electron chi connectivity index (χ2n) is 7.78. The van der Waals surface area contributed by atoms with Crippen LogP contribution in [0.15, 0.2) is 52.4 Å². The van der Waals surface area contributed by atoms with Crippen molar-refractivity contribution in [2.75, 3.05) is 17.7 Å². The number of amides is 1. The van der Waals surface area contributed by atoms with Crippen LogP contribution >= 0.6 is 11.8 Å². The van der Waals surface area contributed by atoms with Crippen LogP contribution in [0.1, 0.15) is 31.4 Å². The number of para-hydroxylation sites is 1. The van der Waals surface area contributed by atoms with Gasteiger partial charge >= 0.3 is 0 Å². The number of anilines is 1. The minimum Gasteiger partial charge on any atom is -0.379 e. The molecule has 2 aromatic carbocycles. The number of hydrogen-bond acceptors (Lipinski definition) is 5. The molecule has 1 aromatic heterocycles. The van der Waals surface area contributed by atoms with Gasteiger partial charge in [-0.3, -0.25) is 14.2 Å². The lowest BCUT2D eigenvalue weighted by Gasteiger charge is -2.14. The average molecular weight is 440 g/mol. The number of rotatable bonds is 9. The summed E-state index contributed by atoms with van der Waals surface area (Å²) in [5.74, 6) is 0.0329. The molecule has 0 saturated carbocycles. The second-order valence-corrected chi connectivity index (χ2v) is 8.72. The first-order valence-corrected chi connectivity index (χ1v) is 11.4. The Balaban J connectivity index is 1.75. The minimum absolute atomic E-state index is 0.0905. The fourth-order valence-corrected chi connectivity index (χ4v) is 3.97. The lowest BCUT2D eigenvalue weighted by atomic mass is 10.1. The highest BCUT2D eigenvalue weighted by molar-refractivity contribution is 7.99. The number of nitrogens with zero attached hydrogens (tertiary/aromatic N) is 2. The van der Waals surface area contributed by atoms with Gasteiger partial charge in [0, 0.05) is 18.8 Å². The third kappa shape index (κ3) is 6.18. The maximum absolute atomic E-state index is 13.1. The molecule has 6 nitrogen and oxygen atoms in total. The number of benzene rings is 2. The first kappa shape index (κ1) is 23.0. The molecule has 1 amide bonds. The van der Waals surface area contributed by atoms with E-state index >= 15 is 0 Å². The number of nitrogens with one attached hydrogen (secondary N) is 1. The highest BCUT2D eigenvalue weighted by atomic mass is 32.2. The van der Waals surface area contributed by atoms with Gasteiger partial charge in [-0.1, -0.05) is 30.0 Å². The predicted molar refractivity (Wildman–Crippen MR) is 127 cm³/mol. The molecule has 3 rings (SSSR count). The molecule has 7 heteroatoms. The van der Waals surface area contributed by atoms with E-state index in [1.165, 1.54) is 17.3 Å². The summed E-state index contributed by atoms with van der Waals surface area (Å²) in [4.78, 5) is 30.2. The van der Waals surface area contributed by atoms with E-state index in [9.17, 15) is 9.59 Å². The van der Waals surface area contributed by atoms with E-state index in [-0.39, 0.29) is 23.3 Å². The standard InChI is InChI=1S/C24H29N3O3S/c1-16(2)30-13-7-12-27-23(29)20-8-5-6-9-21(20)26-24(27)31-15-22(28)25-19-11-10-17(3)18(4)14-19/h5-6,8-11,14,16H,7,12-13,15H2,1-4H3,(H,25,28). The summed E-state index contributed by atoms with van der Waals surface area (Å²) >= 11 is 1.27. The van der Waals surface area contributed by atoms with Gasteiger partial charge in [0.15, 0.2) is 5.16 Å². The molecular formula is C24H29N3O3S. The zero-order valence-electron chi connectivity index (χ0n) is 18.5. The van der Waals surface area contributed by atoms with Crippen LogP contribution < -0.4 is 10.9 Å². The van der Waals surface area contributed by atoms with Gasteiger partial charge in [-0.15, -0.1) is 0 Å². The minimum atomic E-state index is -0.134. The van der Waals surface area contributed by atoms with Crippen LogP contribution in [0.25, 0.3) is 10.9 Å². The van der Waals surface area contributed by atoms with Crippen molar-refractivity contribution < 1.29 is 9.53 Å². The number of hydrogen-bond donors (Lipinski definition) is 1.